The normalized spacial score (nSPS) is 26.1. The molecule has 7 rings (SSSR count). The number of nitro benzene ring substituents is 1. The summed E-state index contributed by atoms with van der Waals surface area (Å²) >= 11 is 0. The van der Waals surface area contributed by atoms with Gasteiger partial charge in [0.25, 0.3) is 11.6 Å². The summed E-state index contributed by atoms with van der Waals surface area (Å²) in [6.07, 6.45) is 12.4. The Morgan fingerprint density at radius 2 is 1.60 bits per heavy atom. The van der Waals surface area contributed by atoms with Crippen LogP contribution < -0.4 is 5.32 Å². The van der Waals surface area contributed by atoms with Gasteiger partial charge in [0.15, 0.2) is 5.78 Å². The molecule has 3 aromatic rings. The molecule has 222 valence electrons. The third-order valence-corrected chi connectivity index (χ3v) is 10.6. The van der Waals surface area contributed by atoms with Gasteiger partial charge in [-0.15, -0.1) is 0 Å². The summed E-state index contributed by atoms with van der Waals surface area (Å²) in [5.74, 6) is 1.36. The van der Waals surface area contributed by atoms with Gasteiger partial charge < -0.3 is 5.32 Å². The maximum atomic E-state index is 14.8. The van der Waals surface area contributed by atoms with E-state index in [9.17, 15) is 19.7 Å². The number of hydrogen-bond acceptors (Lipinski definition) is 7. The topological polar surface area (TPSA) is 118 Å². The lowest BCUT2D eigenvalue weighted by Gasteiger charge is -2.68. The number of nitro groups is 1. The molecular formula is C34H37N5O4. The zero-order valence-corrected chi connectivity index (χ0v) is 24.8. The number of aromatic nitrogens is 2. The number of nitrogens with zero attached hydrogens (tertiary/aromatic N) is 4. The predicted octanol–water partition coefficient (Wildman–Crippen LogP) is 5.53. The van der Waals surface area contributed by atoms with Gasteiger partial charge in [-0.25, -0.2) is 0 Å². The highest BCUT2D eigenvalue weighted by Gasteiger charge is 2.65. The van der Waals surface area contributed by atoms with Crippen LogP contribution in [0.5, 0.6) is 0 Å². The fourth-order valence-electron chi connectivity index (χ4n) is 7.85. The molecule has 4 aliphatic rings. The summed E-state index contributed by atoms with van der Waals surface area (Å²) in [7, 11) is 0. The molecule has 1 saturated heterocycles. The molecule has 43 heavy (non-hydrogen) atoms. The Balaban J connectivity index is 1.41. The van der Waals surface area contributed by atoms with Crippen molar-refractivity contribution in [3.05, 3.63) is 112 Å². The van der Waals surface area contributed by atoms with Crippen LogP contribution in [-0.2, 0) is 17.6 Å². The van der Waals surface area contributed by atoms with Gasteiger partial charge in [-0.1, -0.05) is 20.8 Å². The van der Waals surface area contributed by atoms with E-state index in [0.29, 0.717) is 42.6 Å². The molecule has 3 atom stereocenters. The molecule has 9 heteroatoms. The smallest absolute Gasteiger partial charge is 0.269 e. The standard InChI is InChI=1S/C34H37N5O4/c1-23-8-13-33(21-28(23)32(33,2)3)22-38-30(18-29(40)26-4-6-27(7-5-26)39(42)43)37-34(31(38)41,19-24-9-14-35-15-10-24)20-25-11-16-36-17-12-25/h4-7,9-12,14-18,23,28,37H,8,13,19-22H2,1-3H3/b30-18-. The minimum absolute atomic E-state index is 0.0412. The van der Waals surface area contributed by atoms with Gasteiger partial charge >= 0.3 is 0 Å². The monoisotopic (exact) mass is 579 g/mol. The molecule has 2 aromatic heterocycles. The summed E-state index contributed by atoms with van der Waals surface area (Å²) in [5, 5.41) is 14.7. The molecule has 4 fully saturated rings. The van der Waals surface area contributed by atoms with Gasteiger partial charge in [-0.2, -0.15) is 0 Å². The van der Waals surface area contributed by atoms with Crippen LogP contribution in [0, 0.1) is 32.8 Å². The second kappa shape index (κ2) is 10.7. The van der Waals surface area contributed by atoms with Crippen molar-refractivity contribution in [2.45, 2.75) is 58.4 Å². The third-order valence-electron chi connectivity index (χ3n) is 10.6. The average Bonchev–Trinajstić information content (AvgIpc) is 3.23. The van der Waals surface area contributed by atoms with Crippen molar-refractivity contribution in [1.82, 2.24) is 20.2 Å². The molecule has 3 saturated carbocycles. The quantitative estimate of drug-likeness (QED) is 0.153. The van der Waals surface area contributed by atoms with Crippen molar-refractivity contribution >= 4 is 17.4 Å². The molecule has 1 aromatic carbocycles. The van der Waals surface area contributed by atoms with Crippen molar-refractivity contribution in [3.63, 3.8) is 0 Å². The van der Waals surface area contributed by atoms with Gasteiger partial charge in [0, 0.05) is 67.9 Å². The van der Waals surface area contributed by atoms with E-state index >= 15 is 0 Å². The van der Waals surface area contributed by atoms with Crippen LogP contribution in [-0.4, -0.2) is 43.6 Å². The number of nitrogens with one attached hydrogen (secondary N) is 1. The molecule has 3 aliphatic carbocycles. The first kappa shape index (κ1) is 28.7. The Morgan fingerprint density at radius 1 is 1.02 bits per heavy atom. The van der Waals surface area contributed by atoms with Crippen LogP contribution in [0.25, 0.3) is 0 Å². The van der Waals surface area contributed by atoms with Crippen LogP contribution in [0.1, 0.15) is 61.5 Å². The number of allylic oxidation sites excluding steroid dienone is 1. The fourth-order valence-corrected chi connectivity index (χ4v) is 7.85. The van der Waals surface area contributed by atoms with Gasteiger partial charge in [0.2, 0.25) is 0 Å². The first-order valence-electron chi connectivity index (χ1n) is 14.9. The van der Waals surface area contributed by atoms with E-state index in [2.05, 4.69) is 36.1 Å². The van der Waals surface area contributed by atoms with Gasteiger partial charge in [0.05, 0.1) is 4.92 Å². The third kappa shape index (κ3) is 5.00. The molecule has 1 amide bonds. The highest BCUT2D eigenvalue weighted by Crippen LogP contribution is 2.69. The Morgan fingerprint density at radius 3 is 2.12 bits per heavy atom. The van der Waals surface area contributed by atoms with Gasteiger partial charge in [0.1, 0.15) is 11.4 Å². The van der Waals surface area contributed by atoms with Crippen LogP contribution in [0.2, 0.25) is 0 Å². The summed E-state index contributed by atoms with van der Waals surface area (Å²) < 4.78 is 0. The second-order valence-corrected chi connectivity index (χ2v) is 13.2. The zero-order chi connectivity index (χ0) is 30.4. The van der Waals surface area contributed by atoms with Gasteiger partial charge in [-0.05, 0) is 89.5 Å². The number of benzene rings is 1. The molecule has 0 radical (unpaired) electrons. The molecule has 3 unspecified atom stereocenters. The molecule has 3 heterocycles. The van der Waals surface area contributed by atoms with E-state index in [4.69, 9.17) is 0 Å². The fraction of sp³-hybridized carbons (Fsp3) is 0.412. The molecule has 2 bridgehead atoms. The van der Waals surface area contributed by atoms with Crippen molar-refractivity contribution in [2.24, 2.45) is 22.7 Å². The Kier molecular flexibility index (Phi) is 7.15. The van der Waals surface area contributed by atoms with Crippen LogP contribution in [0.15, 0.2) is 85.2 Å². The van der Waals surface area contributed by atoms with Crippen molar-refractivity contribution in [3.8, 4) is 0 Å². The van der Waals surface area contributed by atoms with E-state index in [1.54, 1.807) is 24.8 Å². The van der Waals surface area contributed by atoms with Crippen LogP contribution >= 0.6 is 0 Å². The van der Waals surface area contributed by atoms with Crippen LogP contribution in [0.3, 0.4) is 0 Å². The predicted molar refractivity (Wildman–Crippen MR) is 162 cm³/mol. The zero-order valence-electron chi connectivity index (χ0n) is 24.8. The van der Waals surface area contributed by atoms with E-state index in [1.807, 2.05) is 29.2 Å². The first-order chi connectivity index (χ1) is 20.5. The molecule has 1 aliphatic heterocycles. The molecular weight excluding hydrogens is 542 g/mol. The maximum absolute atomic E-state index is 14.8. The number of pyridine rings is 2. The molecule has 0 spiro atoms. The first-order valence-corrected chi connectivity index (χ1v) is 14.9. The summed E-state index contributed by atoms with van der Waals surface area (Å²) in [6, 6.07) is 13.2. The summed E-state index contributed by atoms with van der Waals surface area (Å²) in [5.41, 5.74) is 1.15. The Hall–Kier alpha value is -4.40. The number of rotatable bonds is 9. The lowest BCUT2D eigenvalue weighted by Crippen LogP contribution is -2.64. The molecule has 1 N–H and O–H groups in total. The number of carbonyl (C=O) groups is 2. The summed E-state index contributed by atoms with van der Waals surface area (Å²) in [4.78, 5) is 49.2. The lowest BCUT2D eigenvalue weighted by atomic mass is 9.37. The number of amides is 1. The Labute approximate surface area is 251 Å². The average molecular weight is 580 g/mol. The van der Waals surface area contributed by atoms with Crippen molar-refractivity contribution in [2.75, 3.05) is 6.54 Å². The number of fused-ring (bicyclic) bond motifs is 2. The second-order valence-electron chi connectivity index (χ2n) is 13.2. The number of ketones is 1. The van der Waals surface area contributed by atoms with Gasteiger partial charge in [-0.3, -0.25) is 34.6 Å². The van der Waals surface area contributed by atoms with Crippen LogP contribution in [0.4, 0.5) is 5.69 Å². The largest absolute Gasteiger partial charge is 0.357 e. The lowest BCUT2D eigenvalue weighted by molar-refractivity contribution is -0.384. The van der Waals surface area contributed by atoms with E-state index in [-0.39, 0.29) is 28.2 Å². The highest BCUT2D eigenvalue weighted by atomic mass is 16.6. The number of hydrogen-bond donors (Lipinski definition) is 1. The van der Waals surface area contributed by atoms with E-state index < -0.39 is 10.5 Å². The number of carbonyl (C=O) groups excluding carboxylic acids is 2. The number of non-ortho nitro benzene ring substituents is 1. The van der Waals surface area contributed by atoms with E-state index in [0.717, 1.165) is 30.4 Å². The Bertz CT molecular complexity index is 1530. The SMILES string of the molecule is CC1CCC2(CN3C(=O)C(Cc4ccncc4)(Cc4ccncc4)N/C3=C/C(=O)c3ccc([N+](=O)[O-])cc3)CC1C2(C)C. The van der Waals surface area contributed by atoms with E-state index in [1.165, 1.54) is 30.3 Å². The van der Waals surface area contributed by atoms with Crippen molar-refractivity contribution in [1.29, 1.82) is 0 Å². The molecule has 9 nitrogen and oxygen atoms in total. The minimum atomic E-state index is -1.03. The maximum Gasteiger partial charge on any atom is 0.269 e. The highest BCUT2D eigenvalue weighted by molar-refractivity contribution is 6.06. The summed E-state index contributed by atoms with van der Waals surface area (Å²) in [6.45, 7) is 7.53. The minimum Gasteiger partial charge on any atom is -0.357 e. The van der Waals surface area contributed by atoms with Crippen molar-refractivity contribution < 1.29 is 14.5 Å².